The molecular weight excluding hydrogens is 446 g/mol. The van der Waals surface area contributed by atoms with Gasteiger partial charge in [0.1, 0.15) is 11.5 Å². The first-order valence-corrected chi connectivity index (χ1v) is 12.4. The van der Waals surface area contributed by atoms with Gasteiger partial charge in [0, 0.05) is 50.3 Å². The molecule has 2 aliphatic carbocycles. The van der Waals surface area contributed by atoms with Gasteiger partial charge in [-0.1, -0.05) is 0 Å². The molecule has 9 nitrogen and oxygen atoms in total. The molecule has 2 amide bonds. The molecule has 186 valence electrons. The van der Waals surface area contributed by atoms with Crippen molar-refractivity contribution in [2.75, 3.05) is 58.4 Å². The molecule has 0 bridgehead atoms. The highest BCUT2D eigenvalue weighted by Gasteiger charge is 2.37. The predicted molar refractivity (Wildman–Crippen MR) is 131 cm³/mol. The molecule has 5 rings (SSSR count). The van der Waals surface area contributed by atoms with Crippen molar-refractivity contribution in [2.45, 2.75) is 25.7 Å². The largest absolute Gasteiger partial charge is 0.497 e. The predicted octanol–water partition coefficient (Wildman–Crippen LogP) is 2.46. The Hall–Kier alpha value is -3.36. The van der Waals surface area contributed by atoms with Crippen LogP contribution in [0.15, 0.2) is 30.3 Å². The van der Waals surface area contributed by atoms with E-state index in [1.54, 1.807) is 14.2 Å². The molecule has 0 unspecified atom stereocenters. The summed E-state index contributed by atoms with van der Waals surface area (Å²) < 4.78 is 10.8. The van der Waals surface area contributed by atoms with Crippen LogP contribution in [0.3, 0.4) is 0 Å². The molecule has 2 saturated carbocycles. The maximum Gasteiger partial charge on any atom is 0.242 e. The van der Waals surface area contributed by atoms with Gasteiger partial charge in [-0.15, -0.1) is 10.2 Å². The minimum absolute atomic E-state index is 0.0485. The van der Waals surface area contributed by atoms with Gasteiger partial charge in [0.15, 0.2) is 5.82 Å². The molecule has 3 fully saturated rings. The van der Waals surface area contributed by atoms with Crippen LogP contribution in [-0.4, -0.2) is 85.3 Å². The van der Waals surface area contributed by atoms with E-state index in [0.717, 1.165) is 42.2 Å². The van der Waals surface area contributed by atoms with Crippen molar-refractivity contribution in [3.8, 4) is 22.8 Å². The molecule has 9 heteroatoms. The van der Waals surface area contributed by atoms with E-state index < -0.39 is 0 Å². The first-order chi connectivity index (χ1) is 17.1. The van der Waals surface area contributed by atoms with Gasteiger partial charge in [-0.2, -0.15) is 0 Å². The van der Waals surface area contributed by atoms with Crippen molar-refractivity contribution < 1.29 is 19.1 Å². The third kappa shape index (κ3) is 5.49. The van der Waals surface area contributed by atoms with Crippen LogP contribution in [0.2, 0.25) is 0 Å². The highest BCUT2D eigenvalue weighted by atomic mass is 16.5. The molecule has 0 radical (unpaired) electrons. The number of hydrogen-bond donors (Lipinski definition) is 0. The number of ether oxygens (including phenoxy) is 2. The summed E-state index contributed by atoms with van der Waals surface area (Å²) in [6, 6.07) is 9.49. The Bertz CT molecular complexity index is 1060. The number of hydrogen-bond acceptors (Lipinski definition) is 7. The number of methoxy groups -OCH3 is 2. The minimum Gasteiger partial charge on any atom is -0.497 e. The van der Waals surface area contributed by atoms with Crippen molar-refractivity contribution in [3.63, 3.8) is 0 Å². The van der Waals surface area contributed by atoms with Crippen LogP contribution in [0.25, 0.3) is 11.3 Å². The number of piperazine rings is 1. The number of nitrogens with zero attached hydrogens (tertiary/aromatic N) is 5. The zero-order valence-electron chi connectivity index (χ0n) is 20.5. The number of rotatable bonds is 9. The maximum atomic E-state index is 13.0. The smallest absolute Gasteiger partial charge is 0.242 e. The van der Waals surface area contributed by atoms with E-state index in [2.05, 4.69) is 15.1 Å². The minimum atomic E-state index is 0.0485. The molecular formula is C26H33N5O4. The molecule has 1 aromatic heterocycles. The van der Waals surface area contributed by atoms with Crippen molar-refractivity contribution in [1.29, 1.82) is 0 Å². The van der Waals surface area contributed by atoms with E-state index >= 15 is 0 Å². The second kappa shape index (κ2) is 10.1. The summed E-state index contributed by atoms with van der Waals surface area (Å²) in [5, 5.41) is 8.86. The van der Waals surface area contributed by atoms with Crippen LogP contribution >= 0.6 is 0 Å². The number of carbonyl (C=O) groups is 2. The Morgan fingerprint density at radius 2 is 1.74 bits per heavy atom. The lowest BCUT2D eigenvalue weighted by Gasteiger charge is -2.36. The molecule has 1 aliphatic heterocycles. The SMILES string of the molecule is COc1ccc(-c2ccc(N3CCN(C(=O)CN(CC4CC4)C(=O)C4CC4)CC3)nn2)c(OC)c1. The van der Waals surface area contributed by atoms with Crippen LogP contribution in [0.5, 0.6) is 11.5 Å². The van der Waals surface area contributed by atoms with Crippen molar-refractivity contribution in [1.82, 2.24) is 20.0 Å². The quantitative estimate of drug-likeness (QED) is 0.546. The second-order valence-corrected chi connectivity index (χ2v) is 9.65. The number of anilines is 1. The van der Waals surface area contributed by atoms with E-state index in [1.807, 2.05) is 40.1 Å². The summed E-state index contributed by atoms with van der Waals surface area (Å²) in [6.45, 7) is 3.55. The standard InChI is InChI=1S/C26H33N5O4/c1-34-20-7-8-21(23(15-20)35-2)22-9-10-24(28-27-22)29-11-13-30(14-12-29)25(32)17-31(16-18-3-4-18)26(33)19-5-6-19/h7-10,15,18-19H,3-6,11-14,16-17H2,1-2H3. The van der Waals surface area contributed by atoms with E-state index in [-0.39, 0.29) is 24.3 Å². The zero-order valence-corrected chi connectivity index (χ0v) is 20.5. The van der Waals surface area contributed by atoms with Gasteiger partial charge in [-0.05, 0) is 55.9 Å². The highest BCUT2D eigenvalue weighted by Crippen LogP contribution is 2.35. The third-order valence-corrected chi connectivity index (χ3v) is 7.03. The molecule has 2 aromatic rings. The second-order valence-electron chi connectivity index (χ2n) is 9.65. The summed E-state index contributed by atoms with van der Waals surface area (Å²) >= 11 is 0. The molecule has 1 saturated heterocycles. The lowest BCUT2D eigenvalue weighted by Crippen LogP contribution is -2.52. The fourth-order valence-corrected chi connectivity index (χ4v) is 4.53. The summed E-state index contributed by atoms with van der Waals surface area (Å²) in [4.78, 5) is 31.5. The lowest BCUT2D eigenvalue weighted by atomic mass is 10.1. The maximum absolute atomic E-state index is 13.0. The van der Waals surface area contributed by atoms with Gasteiger partial charge in [0.2, 0.25) is 11.8 Å². The van der Waals surface area contributed by atoms with Crippen LogP contribution in [-0.2, 0) is 9.59 Å². The normalized spacial score (nSPS) is 17.8. The summed E-state index contributed by atoms with van der Waals surface area (Å²) in [5.74, 6) is 3.14. The highest BCUT2D eigenvalue weighted by molar-refractivity contribution is 5.87. The Morgan fingerprint density at radius 1 is 0.971 bits per heavy atom. The Labute approximate surface area is 206 Å². The van der Waals surface area contributed by atoms with Gasteiger partial charge < -0.3 is 24.2 Å². The van der Waals surface area contributed by atoms with Gasteiger partial charge >= 0.3 is 0 Å². The average molecular weight is 480 g/mol. The molecule has 0 atom stereocenters. The Balaban J connectivity index is 1.17. The van der Waals surface area contributed by atoms with E-state index in [9.17, 15) is 9.59 Å². The van der Waals surface area contributed by atoms with Crippen LogP contribution in [0.1, 0.15) is 25.7 Å². The summed E-state index contributed by atoms with van der Waals surface area (Å²) in [7, 11) is 3.24. The topological polar surface area (TPSA) is 88.1 Å². The van der Waals surface area contributed by atoms with E-state index in [0.29, 0.717) is 37.8 Å². The van der Waals surface area contributed by atoms with Crippen molar-refractivity contribution in [3.05, 3.63) is 30.3 Å². The van der Waals surface area contributed by atoms with Crippen LogP contribution < -0.4 is 14.4 Å². The number of aromatic nitrogens is 2. The van der Waals surface area contributed by atoms with Gasteiger partial charge in [-0.3, -0.25) is 9.59 Å². The molecule has 0 N–H and O–H groups in total. The molecule has 2 heterocycles. The average Bonchev–Trinajstić information content (AvgIpc) is 3.83. The molecule has 1 aromatic carbocycles. The van der Waals surface area contributed by atoms with E-state index in [1.165, 1.54) is 12.8 Å². The fourth-order valence-electron chi connectivity index (χ4n) is 4.53. The van der Waals surface area contributed by atoms with E-state index in [4.69, 9.17) is 9.47 Å². The Kier molecular flexibility index (Phi) is 6.74. The summed E-state index contributed by atoms with van der Waals surface area (Å²) in [5.41, 5.74) is 1.57. The number of benzene rings is 1. The summed E-state index contributed by atoms with van der Waals surface area (Å²) in [6.07, 6.45) is 4.29. The molecule has 0 spiro atoms. The van der Waals surface area contributed by atoms with Crippen molar-refractivity contribution in [2.24, 2.45) is 11.8 Å². The lowest BCUT2D eigenvalue weighted by molar-refractivity contribution is -0.141. The monoisotopic (exact) mass is 479 g/mol. The first kappa shape index (κ1) is 23.4. The molecule has 3 aliphatic rings. The third-order valence-electron chi connectivity index (χ3n) is 7.03. The number of carbonyl (C=O) groups excluding carboxylic acids is 2. The van der Waals surface area contributed by atoms with Gasteiger partial charge in [-0.25, -0.2) is 0 Å². The zero-order chi connectivity index (χ0) is 24.4. The Morgan fingerprint density at radius 3 is 2.34 bits per heavy atom. The van der Waals surface area contributed by atoms with Gasteiger partial charge in [0.25, 0.3) is 0 Å². The molecule has 35 heavy (non-hydrogen) atoms. The fraction of sp³-hybridized carbons (Fsp3) is 0.538. The number of amides is 2. The van der Waals surface area contributed by atoms with Gasteiger partial charge in [0.05, 0.1) is 26.5 Å². The first-order valence-electron chi connectivity index (χ1n) is 12.4. The van der Waals surface area contributed by atoms with Crippen LogP contribution in [0.4, 0.5) is 5.82 Å². The van der Waals surface area contributed by atoms with Crippen LogP contribution in [0, 0.1) is 11.8 Å². The van der Waals surface area contributed by atoms with Crippen molar-refractivity contribution >= 4 is 17.6 Å².